The SMILES string of the molecule is CC(C)C1NC(=O)CO1. The molecule has 52 valence electrons. The molecule has 0 radical (unpaired) electrons. The summed E-state index contributed by atoms with van der Waals surface area (Å²) in [5, 5.41) is 2.69. The molecule has 0 bridgehead atoms. The molecule has 1 unspecified atom stereocenters. The highest BCUT2D eigenvalue weighted by molar-refractivity contribution is 5.78. The van der Waals surface area contributed by atoms with E-state index < -0.39 is 0 Å². The van der Waals surface area contributed by atoms with E-state index in [2.05, 4.69) is 5.32 Å². The van der Waals surface area contributed by atoms with Gasteiger partial charge in [-0.05, 0) is 5.92 Å². The minimum atomic E-state index is -0.0579. The second-order valence-corrected chi connectivity index (χ2v) is 2.54. The number of hydrogen-bond donors (Lipinski definition) is 1. The normalized spacial score (nSPS) is 27.0. The maximum Gasteiger partial charge on any atom is 0.248 e. The van der Waals surface area contributed by atoms with Crippen molar-refractivity contribution in [3.05, 3.63) is 0 Å². The Hall–Kier alpha value is -0.570. The Kier molecular flexibility index (Phi) is 1.71. The molecular weight excluding hydrogens is 118 g/mol. The van der Waals surface area contributed by atoms with E-state index in [0.29, 0.717) is 5.92 Å². The number of hydrogen-bond acceptors (Lipinski definition) is 2. The van der Waals surface area contributed by atoms with Gasteiger partial charge in [0.2, 0.25) is 5.91 Å². The average Bonchev–Trinajstić information content (AvgIpc) is 2.14. The Balaban J connectivity index is 2.39. The van der Waals surface area contributed by atoms with Gasteiger partial charge in [0.05, 0.1) is 0 Å². The van der Waals surface area contributed by atoms with E-state index >= 15 is 0 Å². The van der Waals surface area contributed by atoms with Crippen LogP contribution in [0.4, 0.5) is 0 Å². The van der Waals surface area contributed by atoms with Crippen molar-refractivity contribution < 1.29 is 9.53 Å². The van der Waals surface area contributed by atoms with Crippen LogP contribution in [0.3, 0.4) is 0 Å². The van der Waals surface area contributed by atoms with Gasteiger partial charge in [-0.3, -0.25) is 4.79 Å². The van der Waals surface area contributed by atoms with Crippen molar-refractivity contribution >= 4 is 5.91 Å². The summed E-state index contributed by atoms with van der Waals surface area (Å²) < 4.78 is 5.07. The summed E-state index contributed by atoms with van der Waals surface area (Å²) >= 11 is 0. The fraction of sp³-hybridized carbons (Fsp3) is 0.833. The first-order valence-corrected chi connectivity index (χ1v) is 3.11. The topological polar surface area (TPSA) is 38.3 Å². The molecule has 1 fully saturated rings. The quantitative estimate of drug-likeness (QED) is 0.546. The zero-order chi connectivity index (χ0) is 6.85. The molecule has 1 N–H and O–H groups in total. The van der Waals surface area contributed by atoms with Crippen molar-refractivity contribution in [1.82, 2.24) is 5.32 Å². The molecule has 1 saturated heterocycles. The molecule has 0 aromatic rings. The van der Waals surface area contributed by atoms with Crippen LogP contribution in [-0.2, 0) is 9.53 Å². The lowest BCUT2D eigenvalue weighted by Crippen LogP contribution is -2.30. The zero-order valence-corrected chi connectivity index (χ0v) is 5.68. The molecule has 0 aliphatic carbocycles. The first kappa shape index (κ1) is 6.55. The molecule has 1 atom stereocenters. The van der Waals surface area contributed by atoms with Crippen LogP contribution >= 0.6 is 0 Å². The molecule has 0 aromatic heterocycles. The zero-order valence-electron chi connectivity index (χ0n) is 5.68. The summed E-state index contributed by atoms with van der Waals surface area (Å²) in [5.74, 6) is 0.366. The molecule has 1 amide bonds. The number of carbonyl (C=O) groups is 1. The predicted molar refractivity (Wildman–Crippen MR) is 32.7 cm³/mol. The Morgan fingerprint density at radius 3 is 2.67 bits per heavy atom. The van der Waals surface area contributed by atoms with E-state index in [9.17, 15) is 4.79 Å². The van der Waals surface area contributed by atoms with E-state index in [1.54, 1.807) is 0 Å². The average molecular weight is 129 g/mol. The highest BCUT2D eigenvalue weighted by Crippen LogP contribution is 2.06. The molecule has 0 spiro atoms. The fourth-order valence-electron chi connectivity index (χ4n) is 0.767. The number of rotatable bonds is 1. The lowest BCUT2D eigenvalue weighted by Gasteiger charge is -2.11. The highest BCUT2D eigenvalue weighted by atomic mass is 16.5. The number of carbonyl (C=O) groups excluding carboxylic acids is 1. The van der Waals surface area contributed by atoms with Crippen LogP contribution in [0.1, 0.15) is 13.8 Å². The van der Waals surface area contributed by atoms with Gasteiger partial charge in [-0.15, -0.1) is 0 Å². The molecule has 9 heavy (non-hydrogen) atoms. The summed E-state index contributed by atoms with van der Waals surface area (Å²) in [6.07, 6.45) is -0.0579. The Labute approximate surface area is 54.4 Å². The maximum atomic E-state index is 10.5. The smallest absolute Gasteiger partial charge is 0.248 e. The maximum absolute atomic E-state index is 10.5. The van der Waals surface area contributed by atoms with Gasteiger partial charge in [-0.1, -0.05) is 13.8 Å². The van der Waals surface area contributed by atoms with Crippen molar-refractivity contribution in [2.75, 3.05) is 6.61 Å². The van der Waals surface area contributed by atoms with Crippen molar-refractivity contribution in [1.29, 1.82) is 0 Å². The fourth-order valence-corrected chi connectivity index (χ4v) is 0.767. The standard InChI is InChI=1S/C6H11NO2/c1-4(2)6-7-5(8)3-9-6/h4,6H,3H2,1-2H3,(H,7,8). The number of nitrogens with one attached hydrogen (secondary N) is 1. The van der Waals surface area contributed by atoms with E-state index in [1.807, 2.05) is 13.8 Å². The molecule has 0 saturated carbocycles. The molecule has 1 aliphatic rings. The number of ether oxygens (including phenoxy) is 1. The molecule has 3 nitrogen and oxygen atoms in total. The van der Waals surface area contributed by atoms with Crippen LogP contribution in [-0.4, -0.2) is 18.7 Å². The molecule has 1 aliphatic heterocycles. The van der Waals surface area contributed by atoms with Gasteiger partial charge in [0.15, 0.2) is 0 Å². The summed E-state index contributed by atoms with van der Waals surface area (Å²) in [6, 6.07) is 0. The predicted octanol–water partition coefficient (Wildman–Crippen LogP) is 0.115. The van der Waals surface area contributed by atoms with Gasteiger partial charge in [-0.2, -0.15) is 0 Å². The summed E-state index contributed by atoms with van der Waals surface area (Å²) in [5.41, 5.74) is 0. The van der Waals surface area contributed by atoms with Crippen molar-refractivity contribution in [3.63, 3.8) is 0 Å². The molecule has 3 heteroatoms. The molecular formula is C6H11NO2. The van der Waals surface area contributed by atoms with E-state index in [0.717, 1.165) is 0 Å². The van der Waals surface area contributed by atoms with Crippen LogP contribution in [0.5, 0.6) is 0 Å². The van der Waals surface area contributed by atoms with Gasteiger partial charge in [-0.25, -0.2) is 0 Å². The van der Waals surface area contributed by atoms with Gasteiger partial charge < -0.3 is 10.1 Å². The molecule has 0 aromatic carbocycles. The van der Waals surface area contributed by atoms with Gasteiger partial charge in [0.1, 0.15) is 12.8 Å². The third-order valence-electron chi connectivity index (χ3n) is 1.30. The lowest BCUT2D eigenvalue weighted by atomic mass is 10.2. The van der Waals surface area contributed by atoms with Crippen LogP contribution < -0.4 is 5.32 Å². The Morgan fingerprint density at radius 1 is 1.78 bits per heavy atom. The van der Waals surface area contributed by atoms with Gasteiger partial charge in [0.25, 0.3) is 0 Å². The number of amides is 1. The third kappa shape index (κ3) is 1.42. The molecule has 1 heterocycles. The monoisotopic (exact) mass is 129 g/mol. The summed E-state index contributed by atoms with van der Waals surface area (Å²) in [7, 11) is 0. The van der Waals surface area contributed by atoms with E-state index in [-0.39, 0.29) is 18.7 Å². The van der Waals surface area contributed by atoms with Crippen molar-refractivity contribution in [2.45, 2.75) is 20.1 Å². The lowest BCUT2D eigenvalue weighted by molar-refractivity contribution is -0.119. The van der Waals surface area contributed by atoms with Crippen LogP contribution in [0.2, 0.25) is 0 Å². The third-order valence-corrected chi connectivity index (χ3v) is 1.30. The Morgan fingerprint density at radius 2 is 2.44 bits per heavy atom. The second kappa shape index (κ2) is 2.35. The van der Waals surface area contributed by atoms with Crippen LogP contribution in [0, 0.1) is 5.92 Å². The largest absolute Gasteiger partial charge is 0.348 e. The van der Waals surface area contributed by atoms with Crippen LogP contribution in [0.25, 0.3) is 0 Å². The minimum absolute atomic E-state index is 0.00583. The molecule has 1 rings (SSSR count). The first-order valence-electron chi connectivity index (χ1n) is 3.11. The minimum Gasteiger partial charge on any atom is -0.348 e. The van der Waals surface area contributed by atoms with Crippen LogP contribution in [0.15, 0.2) is 0 Å². The van der Waals surface area contributed by atoms with Crippen molar-refractivity contribution in [3.8, 4) is 0 Å². The summed E-state index contributed by atoms with van der Waals surface area (Å²) in [4.78, 5) is 10.5. The highest BCUT2D eigenvalue weighted by Gasteiger charge is 2.23. The van der Waals surface area contributed by atoms with Gasteiger partial charge in [0, 0.05) is 0 Å². The van der Waals surface area contributed by atoms with Crippen molar-refractivity contribution in [2.24, 2.45) is 5.92 Å². The van der Waals surface area contributed by atoms with E-state index in [4.69, 9.17) is 4.74 Å². The van der Waals surface area contributed by atoms with Gasteiger partial charge >= 0.3 is 0 Å². The second-order valence-electron chi connectivity index (χ2n) is 2.54. The first-order chi connectivity index (χ1) is 4.20. The van der Waals surface area contributed by atoms with E-state index in [1.165, 1.54) is 0 Å². The Bertz CT molecular complexity index is 122. The summed E-state index contributed by atoms with van der Waals surface area (Å²) in [6.45, 7) is 4.25.